The number of phenols is 1. The summed E-state index contributed by atoms with van der Waals surface area (Å²) in [4.78, 5) is 21.9. The van der Waals surface area contributed by atoms with Gasteiger partial charge in [-0.1, -0.05) is 32.9 Å². The molecular weight excluding hydrogens is 380 g/mol. The molecule has 0 atom stereocenters. The lowest BCUT2D eigenvalue weighted by Crippen LogP contribution is -2.24. The lowest BCUT2D eigenvalue weighted by Gasteiger charge is -2.25. The van der Waals surface area contributed by atoms with Crippen molar-refractivity contribution in [3.8, 4) is 5.75 Å². The average Bonchev–Trinajstić information content (AvgIpc) is 2.70. The normalized spacial score (nSPS) is 11.6. The first-order valence-electron chi connectivity index (χ1n) is 9.77. The predicted octanol–water partition coefficient (Wildman–Crippen LogP) is 4.59. The van der Waals surface area contributed by atoms with Crippen LogP contribution in [0.3, 0.4) is 0 Å². The lowest BCUT2D eigenvalue weighted by atomic mass is 9.84. The van der Waals surface area contributed by atoms with E-state index >= 15 is 0 Å². The Morgan fingerprint density at radius 3 is 1.97 bits per heavy atom. The molecule has 3 rings (SSSR count). The summed E-state index contributed by atoms with van der Waals surface area (Å²) in [5.74, 6) is 0.0974. The van der Waals surface area contributed by atoms with Gasteiger partial charge in [-0.15, -0.1) is 0 Å². The third-order valence-corrected chi connectivity index (χ3v) is 4.81. The molecule has 30 heavy (non-hydrogen) atoms. The molecule has 0 aliphatic heterocycles. The largest absolute Gasteiger partial charge is 0.507 e. The van der Waals surface area contributed by atoms with E-state index < -0.39 is 10.3 Å². The number of aromatic hydroxyl groups is 1. The Kier molecular flexibility index (Phi) is 6.42. The molecule has 1 aromatic carbocycles. The monoisotopic (exact) mass is 406 g/mol. The van der Waals surface area contributed by atoms with E-state index in [1.165, 1.54) is 12.1 Å². The van der Waals surface area contributed by atoms with Crippen LogP contribution >= 0.6 is 0 Å². The highest BCUT2D eigenvalue weighted by Crippen LogP contribution is 2.37. The Morgan fingerprint density at radius 1 is 0.967 bits per heavy atom. The molecule has 0 fully saturated rings. The van der Waals surface area contributed by atoms with E-state index in [-0.39, 0.29) is 11.4 Å². The van der Waals surface area contributed by atoms with Crippen LogP contribution in [0.5, 0.6) is 5.75 Å². The zero-order valence-corrected chi connectivity index (χ0v) is 17.4. The van der Waals surface area contributed by atoms with Gasteiger partial charge in [-0.25, -0.2) is 0 Å². The van der Waals surface area contributed by atoms with E-state index in [9.17, 15) is 15.2 Å². The van der Waals surface area contributed by atoms with Crippen LogP contribution in [0.15, 0.2) is 60.9 Å². The van der Waals surface area contributed by atoms with Crippen molar-refractivity contribution < 1.29 is 10.0 Å². The summed E-state index contributed by atoms with van der Waals surface area (Å²) >= 11 is 0. The molecule has 0 saturated carbocycles. The molecule has 0 amide bonds. The Morgan fingerprint density at radius 2 is 1.53 bits per heavy atom. The standard InChI is InChI=1S/C23H26N4O3/c1-23(2,3)21-13-20(27(29)30)12-17(22(21)28)14-26(15-18-8-4-6-10-24-18)16-19-9-5-7-11-25-19/h4-13,28H,14-16H2,1-3H3. The predicted molar refractivity (Wildman–Crippen MR) is 115 cm³/mol. The first-order valence-corrected chi connectivity index (χ1v) is 9.77. The quantitative estimate of drug-likeness (QED) is 0.456. The number of nitro groups is 1. The first kappa shape index (κ1) is 21.4. The summed E-state index contributed by atoms with van der Waals surface area (Å²) in [5, 5.41) is 22.4. The Labute approximate surface area is 176 Å². The van der Waals surface area contributed by atoms with E-state index in [2.05, 4.69) is 14.9 Å². The highest BCUT2D eigenvalue weighted by molar-refractivity contribution is 5.52. The summed E-state index contributed by atoms with van der Waals surface area (Å²) in [6.45, 7) is 7.14. The molecule has 0 aliphatic rings. The molecule has 3 aromatic rings. The van der Waals surface area contributed by atoms with E-state index in [1.807, 2.05) is 57.2 Å². The molecule has 0 radical (unpaired) electrons. The van der Waals surface area contributed by atoms with Gasteiger partial charge in [0.2, 0.25) is 0 Å². The van der Waals surface area contributed by atoms with Gasteiger partial charge in [0, 0.05) is 55.3 Å². The number of nitro benzene ring substituents is 1. The van der Waals surface area contributed by atoms with Crippen molar-refractivity contribution in [2.24, 2.45) is 0 Å². The number of rotatable bonds is 7. The molecule has 0 spiro atoms. The van der Waals surface area contributed by atoms with Gasteiger partial charge in [0.25, 0.3) is 5.69 Å². The van der Waals surface area contributed by atoms with Gasteiger partial charge in [-0.3, -0.25) is 25.0 Å². The van der Waals surface area contributed by atoms with E-state index in [0.29, 0.717) is 30.8 Å². The van der Waals surface area contributed by atoms with Crippen LogP contribution in [0.25, 0.3) is 0 Å². The van der Waals surface area contributed by atoms with Crippen molar-refractivity contribution in [2.75, 3.05) is 0 Å². The molecule has 7 heteroatoms. The number of benzene rings is 1. The number of hydrogen-bond donors (Lipinski definition) is 1. The summed E-state index contributed by atoms with van der Waals surface area (Å²) in [6.07, 6.45) is 3.47. The van der Waals surface area contributed by atoms with Crippen molar-refractivity contribution in [2.45, 2.75) is 45.8 Å². The number of hydrogen-bond acceptors (Lipinski definition) is 6. The zero-order valence-electron chi connectivity index (χ0n) is 17.4. The van der Waals surface area contributed by atoms with Crippen molar-refractivity contribution in [3.63, 3.8) is 0 Å². The molecule has 0 aliphatic carbocycles. The van der Waals surface area contributed by atoms with Crippen molar-refractivity contribution in [1.82, 2.24) is 14.9 Å². The Hall–Kier alpha value is -3.32. The van der Waals surface area contributed by atoms with E-state index in [1.54, 1.807) is 12.4 Å². The lowest BCUT2D eigenvalue weighted by molar-refractivity contribution is -0.385. The molecule has 7 nitrogen and oxygen atoms in total. The second-order valence-corrected chi connectivity index (χ2v) is 8.30. The highest BCUT2D eigenvalue weighted by atomic mass is 16.6. The SMILES string of the molecule is CC(C)(C)c1cc([N+](=O)[O-])cc(CN(Cc2ccccn2)Cc2ccccn2)c1O. The maximum atomic E-state index is 11.5. The highest BCUT2D eigenvalue weighted by Gasteiger charge is 2.25. The van der Waals surface area contributed by atoms with Crippen LogP contribution in [-0.2, 0) is 25.0 Å². The van der Waals surface area contributed by atoms with Gasteiger partial charge in [0.05, 0.1) is 16.3 Å². The maximum Gasteiger partial charge on any atom is 0.270 e. The number of pyridine rings is 2. The second-order valence-electron chi connectivity index (χ2n) is 8.30. The maximum absolute atomic E-state index is 11.5. The zero-order chi connectivity index (χ0) is 21.7. The van der Waals surface area contributed by atoms with Crippen LogP contribution in [0.1, 0.15) is 43.3 Å². The number of non-ortho nitro benzene ring substituents is 1. The minimum atomic E-state index is -0.433. The molecule has 0 bridgehead atoms. The van der Waals surface area contributed by atoms with Gasteiger partial charge in [-0.05, 0) is 29.7 Å². The van der Waals surface area contributed by atoms with Crippen LogP contribution < -0.4 is 0 Å². The van der Waals surface area contributed by atoms with Crippen molar-refractivity contribution in [1.29, 1.82) is 0 Å². The van der Waals surface area contributed by atoms with Gasteiger partial charge in [0.15, 0.2) is 0 Å². The fraction of sp³-hybridized carbons (Fsp3) is 0.304. The second kappa shape index (κ2) is 9.00. The van der Waals surface area contributed by atoms with Crippen molar-refractivity contribution in [3.05, 3.63) is 93.6 Å². The molecule has 0 saturated heterocycles. The minimum Gasteiger partial charge on any atom is -0.507 e. The van der Waals surface area contributed by atoms with Gasteiger partial charge in [0.1, 0.15) is 5.75 Å². The summed E-state index contributed by atoms with van der Waals surface area (Å²) in [7, 11) is 0. The van der Waals surface area contributed by atoms with Crippen LogP contribution in [0.2, 0.25) is 0 Å². The van der Waals surface area contributed by atoms with Crippen LogP contribution in [0, 0.1) is 10.1 Å². The fourth-order valence-corrected chi connectivity index (χ4v) is 3.33. The summed E-state index contributed by atoms with van der Waals surface area (Å²) in [5.41, 5.74) is 2.35. The summed E-state index contributed by atoms with van der Waals surface area (Å²) < 4.78 is 0. The number of aromatic nitrogens is 2. The smallest absolute Gasteiger partial charge is 0.270 e. The van der Waals surface area contributed by atoms with E-state index in [4.69, 9.17) is 0 Å². The minimum absolute atomic E-state index is 0.0247. The van der Waals surface area contributed by atoms with Gasteiger partial charge in [-0.2, -0.15) is 0 Å². The molecule has 0 unspecified atom stereocenters. The third kappa shape index (κ3) is 5.39. The molecule has 2 aromatic heterocycles. The number of phenolic OH excluding ortho intramolecular Hbond substituents is 1. The summed E-state index contributed by atoms with van der Waals surface area (Å²) in [6, 6.07) is 14.3. The van der Waals surface area contributed by atoms with Gasteiger partial charge < -0.3 is 5.11 Å². The van der Waals surface area contributed by atoms with Crippen LogP contribution in [-0.4, -0.2) is 24.9 Å². The molecule has 1 N–H and O–H groups in total. The van der Waals surface area contributed by atoms with Crippen molar-refractivity contribution >= 4 is 5.69 Å². The molecular formula is C23H26N4O3. The van der Waals surface area contributed by atoms with Crippen LogP contribution in [0.4, 0.5) is 5.69 Å². The number of nitrogens with zero attached hydrogens (tertiary/aromatic N) is 4. The first-order chi connectivity index (χ1) is 14.2. The average molecular weight is 406 g/mol. The topological polar surface area (TPSA) is 92.4 Å². The Bertz CT molecular complexity index is 961. The molecule has 156 valence electrons. The van der Waals surface area contributed by atoms with Gasteiger partial charge >= 0.3 is 0 Å². The molecule has 2 heterocycles. The van der Waals surface area contributed by atoms with E-state index in [0.717, 1.165) is 11.4 Å². The third-order valence-electron chi connectivity index (χ3n) is 4.81. The fourth-order valence-electron chi connectivity index (χ4n) is 3.33. The Balaban J connectivity index is 1.98.